The number of nitrogens with one attached hydrogen (secondary N) is 1. The summed E-state index contributed by atoms with van der Waals surface area (Å²) in [5.41, 5.74) is 0.0283. The lowest BCUT2D eigenvalue weighted by atomic mass is 10.1. The van der Waals surface area contributed by atoms with Crippen LogP contribution in [0.5, 0.6) is 11.5 Å². The number of methoxy groups -OCH3 is 2. The molecule has 0 aromatic heterocycles. The van der Waals surface area contributed by atoms with Crippen LogP contribution in [0.1, 0.15) is 10.4 Å². The zero-order valence-electron chi connectivity index (χ0n) is 12.6. The molecule has 0 aliphatic carbocycles. The lowest BCUT2D eigenvalue weighted by Gasteiger charge is -2.13. The van der Waals surface area contributed by atoms with Crippen molar-refractivity contribution in [2.24, 2.45) is 0 Å². The number of nitro benzene ring substituents is 1. The molecule has 0 atom stereocenters. The van der Waals surface area contributed by atoms with Crippen LogP contribution in [0.15, 0.2) is 30.3 Å². The second-order valence-electron chi connectivity index (χ2n) is 4.56. The van der Waals surface area contributed by atoms with Gasteiger partial charge in [0.2, 0.25) is 0 Å². The molecule has 2 aromatic rings. The second-order valence-corrected chi connectivity index (χ2v) is 5.41. The van der Waals surface area contributed by atoms with E-state index < -0.39 is 10.8 Å². The van der Waals surface area contributed by atoms with Crippen LogP contribution in [0, 0.1) is 10.1 Å². The number of non-ortho nitro benzene ring substituents is 1. The molecule has 0 aliphatic heterocycles. The van der Waals surface area contributed by atoms with Gasteiger partial charge in [-0.15, -0.1) is 0 Å². The van der Waals surface area contributed by atoms with E-state index in [1.807, 2.05) is 0 Å². The summed E-state index contributed by atoms with van der Waals surface area (Å²) in [6.07, 6.45) is 0. The molecule has 0 aliphatic rings. The molecule has 126 valence electrons. The van der Waals surface area contributed by atoms with Crippen molar-refractivity contribution >= 4 is 40.5 Å². The number of anilines is 1. The maximum absolute atomic E-state index is 12.5. The van der Waals surface area contributed by atoms with Gasteiger partial charge in [0, 0.05) is 17.2 Å². The van der Waals surface area contributed by atoms with Crippen LogP contribution in [0.25, 0.3) is 0 Å². The summed E-state index contributed by atoms with van der Waals surface area (Å²) in [6, 6.07) is 6.66. The first kappa shape index (κ1) is 17.8. The minimum Gasteiger partial charge on any atom is -0.495 e. The Morgan fingerprint density at radius 3 is 2.46 bits per heavy atom. The highest BCUT2D eigenvalue weighted by Crippen LogP contribution is 2.34. The van der Waals surface area contributed by atoms with Gasteiger partial charge in [0.15, 0.2) is 0 Å². The topological polar surface area (TPSA) is 90.7 Å². The predicted molar refractivity (Wildman–Crippen MR) is 90.6 cm³/mol. The van der Waals surface area contributed by atoms with E-state index in [1.165, 1.54) is 44.6 Å². The van der Waals surface area contributed by atoms with Gasteiger partial charge in [0.05, 0.1) is 35.4 Å². The number of hydrogen-bond donors (Lipinski definition) is 1. The molecule has 1 N–H and O–H groups in total. The van der Waals surface area contributed by atoms with Gasteiger partial charge < -0.3 is 14.8 Å². The van der Waals surface area contributed by atoms with Crippen molar-refractivity contribution in [2.75, 3.05) is 19.5 Å². The number of nitrogens with zero attached hydrogens (tertiary/aromatic N) is 1. The van der Waals surface area contributed by atoms with E-state index in [-0.39, 0.29) is 38.5 Å². The third kappa shape index (κ3) is 3.69. The number of halogens is 2. The van der Waals surface area contributed by atoms with E-state index in [4.69, 9.17) is 32.7 Å². The van der Waals surface area contributed by atoms with Crippen LogP contribution in [0.3, 0.4) is 0 Å². The quantitative estimate of drug-likeness (QED) is 0.629. The third-order valence-electron chi connectivity index (χ3n) is 3.10. The Hall–Kier alpha value is -2.51. The maximum atomic E-state index is 12.5. The minimum atomic E-state index is -0.602. The molecule has 0 saturated heterocycles. The largest absolute Gasteiger partial charge is 0.495 e. The fourth-order valence-corrected chi connectivity index (χ4v) is 2.60. The van der Waals surface area contributed by atoms with Crippen molar-refractivity contribution < 1.29 is 19.2 Å². The van der Waals surface area contributed by atoms with Gasteiger partial charge in [-0.2, -0.15) is 0 Å². The molecule has 0 radical (unpaired) electrons. The second kappa shape index (κ2) is 7.37. The number of ether oxygens (including phenoxy) is 2. The fourth-order valence-electron chi connectivity index (χ4n) is 2.03. The summed E-state index contributed by atoms with van der Waals surface area (Å²) in [7, 11) is 2.74. The molecule has 7 nitrogen and oxygen atoms in total. The number of carbonyl (C=O) groups is 1. The van der Waals surface area contributed by atoms with Gasteiger partial charge in [-0.3, -0.25) is 14.9 Å². The first-order valence-electron chi connectivity index (χ1n) is 6.54. The zero-order chi connectivity index (χ0) is 17.9. The Kier molecular flexibility index (Phi) is 5.48. The first-order valence-corrected chi connectivity index (χ1v) is 7.29. The number of nitro groups is 1. The molecule has 0 bridgehead atoms. The van der Waals surface area contributed by atoms with E-state index in [0.717, 1.165) is 0 Å². The first-order chi connectivity index (χ1) is 11.4. The Bertz CT molecular complexity index is 811. The molecule has 1 amide bonds. The van der Waals surface area contributed by atoms with Crippen LogP contribution in [0.2, 0.25) is 10.0 Å². The van der Waals surface area contributed by atoms with Crippen LogP contribution in [-0.4, -0.2) is 25.1 Å². The van der Waals surface area contributed by atoms with Crippen molar-refractivity contribution in [2.45, 2.75) is 0 Å². The van der Waals surface area contributed by atoms with Crippen molar-refractivity contribution in [1.29, 1.82) is 0 Å². The van der Waals surface area contributed by atoms with E-state index >= 15 is 0 Å². The highest BCUT2D eigenvalue weighted by molar-refractivity contribution is 6.36. The van der Waals surface area contributed by atoms with E-state index in [1.54, 1.807) is 0 Å². The highest BCUT2D eigenvalue weighted by atomic mass is 35.5. The molecule has 9 heteroatoms. The molecule has 2 aromatic carbocycles. The molecule has 0 spiro atoms. The van der Waals surface area contributed by atoms with Gasteiger partial charge in [-0.1, -0.05) is 23.2 Å². The molecule has 0 unspecified atom stereocenters. The lowest BCUT2D eigenvalue weighted by molar-refractivity contribution is -0.384. The van der Waals surface area contributed by atoms with Crippen molar-refractivity contribution in [1.82, 2.24) is 0 Å². The predicted octanol–water partition coefficient (Wildman–Crippen LogP) is 4.17. The zero-order valence-corrected chi connectivity index (χ0v) is 14.1. The van der Waals surface area contributed by atoms with Crippen LogP contribution < -0.4 is 14.8 Å². The average Bonchev–Trinajstić information content (AvgIpc) is 2.53. The molecule has 0 saturated carbocycles. The average molecular weight is 371 g/mol. The van der Waals surface area contributed by atoms with E-state index in [0.29, 0.717) is 0 Å². The van der Waals surface area contributed by atoms with E-state index in [2.05, 4.69) is 5.32 Å². The molecule has 0 heterocycles. The smallest absolute Gasteiger partial charge is 0.271 e. The molecular weight excluding hydrogens is 359 g/mol. The summed E-state index contributed by atoms with van der Waals surface area (Å²) in [5, 5.41) is 13.8. The Morgan fingerprint density at radius 2 is 1.88 bits per heavy atom. The number of benzene rings is 2. The van der Waals surface area contributed by atoms with Crippen LogP contribution >= 0.6 is 23.2 Å². The minimum absolute atomic E-state index is 0.0866. The van der Waals surface area contributed by atoms with Gasteiger partial charge >= 0.3 is 0 Å². The van der Waals surface area contributed by atoms with Crippen molar-refractivity contribution in [3.05, 3.63) is 56.1 Å². The monoisotopic (exact) mass is 370 g/mol. The third-order valence-corrected chi connectivity index (χ3v) is 3.60. The highest BCUT2D eigenvalue weighted by Gasteiger charge is 2.19. The lowest BCUT2D eigenvalue weighted by Crippen LogP contribution is -2.14. The summed E-state index contributed by atoms with van der Waals surface area (Å²) < 4.78 is 10.2. The number of rotatable bonds is 5. The standard InChI is InChI=1S/C15H12Cl2N2O5/c1-23-13-4-3-9(19(21)22)7-12(13)18-15(20)10-5-8(16)6-11(17)14(10)24-2/h3-7H,1-2H3,(H,18,20). The summed E-state index contributed by atoms with van der Waals surface area (Å²) >= 11 is 11.9. The summed E-state index contributed by atoms with van der Waals surface area (Å²) in [5.74, 6) is -0.195. The molecule has 2 rings (SSSR count). The van der Waals surface area contributed by atoms with Gasteiger partial charge in [-0.05, 0) is 18.2 Å². The van der Waals surface area contributed by atoms with Crippen molar-refractivity contribution in [3.63, 3.8) is 0 Å². The Morgan fingerprint density at radius 1 is 1.17 bits per heavy atom. The SMILES string of the molecule is COc1ccc([N+](=O)[O-])cc1NC(=O)c1cc(Cl)cc(Cl)c1OC. The summed E-state index contributed by atoms with van der Waals surface area (Å²) in [6.45, 7) is 0. The molecular formula is C15H12Cl2N2O5. The van der Waals surface area contributed by atoms with Crippen molar-refractivity contribution in [3.8, 4) is 11.5 Å². The van der Waals surface area contributed by atoms with E-state index in [9.17, 15) is 14.9 Å². The number of amides is 1. The Labute approximate surface area is 147 Å². The van der Waals surface area contributed by atoms with Gasteiger partial charge in [0.1, 0.15) is 11.5 Å². The molecule has 24 heavy (non-hydrogen) atoms. The Balaban J connectivity index is 2.43. The van der Waals surface area contributed by atoms with Gasteiger partial charge in [0.25, 0.3) is 11.6 Å². The number of hydrogen-bond acceptors (Lipinski definition) is 5. The molecule has 0 fully saturated rings. The normalized spacial score (nSPS) is 10.2. The van der Waals surface area contributed by atoms with Gasteiger partial charge in [-0.25, -0.2) is 0 Å². The van der Waals surface area contributed by atoms with Crippen LogP contribution in [-0.2, 0) is 0 Å². The summed E-state index contributed by atoms with van der Waals surface area (Å²) in [4.78, 5) is 22.8. The maximum Gasteiger partial charge on any atom is 0.271 e. The van der Waals surface area contributed by atoms with Crippen LogP contribution in [0.4, 0.5) is 11.4 Å². The number of carbonyl (C=O) groups excluding carboxylic acids is 1. The fraction of sp³-hybridized carbons (Fsp3) is 0.133.